The van der Waals surface area contributed by atoms with E-state index in [1.165, 1.54) is 25.9 Å². The molecule has 0 amide bonds. The molecule has 144 valence electrons. The second kappa shape index (κ2) is 7.66. The molecule has 0 N–H and O–H groups in total. The molecule has 0 unspecified atom stereocenters. The molecule has 7 nitrogen and oxygen atoms in total. The topological polar surface area (TPSA) is 48.0 Å². The third-order valence-electron chi connectivity index (χ3n) is 5.99. The van der Waals surface area contributed by atoms with E-state index in [0.717, 1.165) is 68.9 Å². The van der Waals surface area contributed by atoms with Gasteiger partial charge in [0.2, 0.25) is 5.95 Å². The highest BCUT2D eigenvalue weighted by Gasteiger charge is 2.37. The van der Waals surface area contributed by atoms with Crippen LogP contribution in [0, 0.1) is 6.92 Å². The minimum Gasteiger partial charge on any atom is -0.379 e. The Hall–Kier alpha value is -1.44. The molecule has 26 heavy (non-hydrogen) atoms. The zero-order valence-corrected chi connectivity index (χ0v) is 16.4. The molecule has 4 heterocycles. The Kier molecular flexibility index (Phi) is 5.29. The average Bonchev–Trinajstić information content (AvgIpc) is 2.61. The van der Waals surface area contributed by atoms with Gasteiger partial charge in [-0.1, -0.05) is 0 Å². The molecule has 0 spiro atoms. The van der Waals surface area contributed by atoms with Gasteiger partial charge in [0, 0.05) is 77.2 Å². The van der Waals surface area contributed by atoms with Gasteiger partial charge in [-0.3, -0.25) is 9.80 Å². The van der Waals surface area contributed by atoms with Crippen LogP contribution in [0.1, 0.15) is 18.5 Å². The van der Waals surface area contributed by atoms with Crippen LogP contribution in [0.3, 0.4) is 0 Å². The number of morpholine rings is 1. The van der Waals surface area contributed by atoms with Crippen molar-refractivity contribution in [2.24, 2.45) is 0 Å². The summed E-state index contributed by atoms with van der Waals surface area (Å²) in [5.74, 6) is 1.88. The van der Waals surface area contributed by atoms with E-state index >= 15 is 0 Å². The number of hydrogen-bond donors (Lipinski definition) is 0. The summed E-state index contributed by atoms with van der Waals surface area (Å²) in [6, 6.07) is 3.61. The highest BCUT2D eigenvalue weighted by atomic mass is 16.5. The third kappa shape index (κ3) is 3.80. The highest BCUT2D eigenvalue weighted by molar-refractivity contribution is 5.45. The highest BCUT2D eigenvalue weighted by Crippen LogP contribution is 2.27. The molecule has 0 radical (unpaired) electrons. The molecule has 3 aliphatic rings. The molecule has 0 aromatic carbocycles. The molecule has 4 rings (SSSR count). The molecular weight excluding hydrogens is 328 g/mol. The van der Waals surface area contributed by atoms with Crippen LogP contribution in [0.5, 0.6) is 0 Å². The molecule has 0 aliphatic carbocycles. The molecule has 3 aliphatic heterocycles. The Morgan fingerprint density at radius 3 is 2.31 bits per heavy atom. The first-order valence-electron chi connectivity index (χ1n) is 9.94. The monoisotopic (exact) mass is 360 g/mol. The van der Waals surface area contributed by atoms with E-state index in [-0.39, 0.29) is 0 Å². The summed E-state index contributed by atoms with van der Waals surface area (Å²) < 4.78 is 5.47. The number of likely N-dealkylation sites (tertiary alicyclic amines) is 1. The average molecular weight is 361 g/mol. The standard InChI is InChI=1S/C19H32N6O/c1-15-12-18(21-19(20-15)22(2)3)24-6-4-16(5-7-24)25-13-17(14-25)23-8-10-26-11-9-23/h12,16-17H,4-11,13-14H2,1-3H3. The lowest BCUT2D eigenvalue weighted by Gasteiger charge is -2.51. The van der Waals surface area contributed by atoms with Crippen molar-refractivity contribution in [3.8, 4) is 0 Å². The Morgan fingerprint density at radius 1 is 0.962 bits per heavy atom. The van der Waals surface area contributed by atoms with Gasteiger partial charge in [0.25, 0.3) is 0 Å². The number of anilines is 2. The van der Waals surface area contributed by atoms with Gasteiger partial charge < -0.3 is 14.5 Å². The summed E-state index contributed by atoms with van der Waals surface area (Å²) in [4.78, 5) is 19.0. The van der Waals surface area contributed by atoms with Gasteiger partial charge in [-0.25, -0.2) is 4.98 Å². The van der Waals surface area contributed by atoms with Gasteiger partial charge in [0.15, 0.2) is 0 Å². The van der Waals surface area contributed by atoms with Crippen molar-refractivity contribution in [1.29, 1.82) is 0 Å². The summed E-state index contributed by atoms with van der Waals surface area (Å²) in [7, 11) is 4.00. The van der Waals surface area contributed by atoms with Gasteiger partial charge in [-0.05, 0) is 19.8 Å². The second-order valence-corrected chi connectivity index (χ2v) is 8.04. The zero-order chi connectivity index (χ0) is 18.1. The van der Waals surface area contributed by atoms with E-state index in [0.29, 0.717) is 0 Å². The van der Waals surface area contributed by atoms with Crippen LogP contribution in [-0.2, 0) is 4.74 Å². The van der Waals surface area contributed by atoms with E-state index in [1.807, 2.05) is 19.0 Å². The molecule has 3 saturated heterocycles. The molecule has 0 atom stereocenters. The van der Waals surface area contributed by atoms with Crippen LogP contribution in [0.2, 0.25) is 0 Å². The van der Waals surface area contributed by atoms with E-state index in [9.17, 15) is 0 Å². The van der Waals surface area contributed by atoms with E-state index in [4.69, 9.17) is 9.72 Å². The fourth-order valence-corrected chi connectivity index (χ4v) is 4.32. The van der Waals surface area contributed by atoms with Gasteiger partial charge in [-0.2, -0.15) is 4.98 Å². The van der Waals surface area contributed by atoms with Crippen molar-refractivity contribution in [3.05, 3.63) is 11.8 Å². The van der Waals surface area contributed by atoms with Crippen molar-refractivity contribution < 1.29 is 4.74 Å². The van der Waals surface area contributed by atoms with Gasteiger partial charge >= 0.3 is 0 Å². The lowest BCUT2D eigenvalue weighted by Crippen LogP contribution is -2.64. The number of ether oxygens (including phenoxy) is 1. The fourth-order valence-electron chi connectivity index (χ4n) is 4.32. The molecule has 1 aromatic heterocycles. The largest absolute Gasteiger partial charge is 0.379 e. The van der Waals surface area contributed by atoms with E-state index in [2.05, 4.69) is 32.7 Å². The normalized spacial score (nSPS) is 23.9. The predicted octanol–water partition coefficient (Wildman–Crippen LogP) is 0.836. The minimum absolute atomic E-state index is 0.736. The molecule has 0 saturated carbocycles. The Labute approximate surface area is 156 Å². The maximum atomic E-state index is 5.47. The number of nitrogens with zero attached hydrogens (tertiary/aromatic N) is 6. The SMILES string of the molecule is Cc1cc(N2CCC(N3CC(N4CCOCC4)C3)CC2)nc(N(C)C)n1. The third-order valence-corrected chi connectivity index (χ3v) is 5.99. The fraction of sp³-hybridized carbons (Fsp3) is 0.789. The number of aryl methyl sites for hydroxylation is 1. The second-order valence-electron chi connectivity index (χ2n) is 8.04. The first-order chi connectivity index (χ1) is 12.6. The van der Waals surface area contributed by atoms with Crippen molar-refractivity contribution in [2.75, 3.05) is 76.4 Å². The molecule has 7 heteroatoms. The van der Waals surface area contributed by atoms with Crippen LogP contribution >= 0.6 is 0 Å². The van der Waals surface area contributed by atoms with Crippen molar-refractivity contribution in [3.63, 3.8) is 0 Å². The van der Waals surface area contributed by atoms with Crippen LogP contribution < -0.4 is 9.80 Å². The van der Waals surface area contributed by atoms with Crippen LogP contribution in [0.25, 0.3) is 0 Å². The minimum atomic E-state index is 0.736. The lowest BCUT2D eigenvalue weighted by molar-refractivity contribution is -0.0481. The summed E-state index contributed by atoms with van der Waals surface area (Å²) in [6.07, 6.45) is 2.46. The molecule has 3 fully saturated rings. The predicted molar refractivity (Wildman–Crippen MR) is 104 cm³/mol. The summed E-state index contributed by atoms with van der Waals surface area (Å²) in [5.41, 5.74) is 1.04. The molecular formula is C19H32N6O. The first kappa shape index (κ1) is 17.9. The van der Waals surface area contributed by atoms with Crippen molar-refractivity contribution in [1.82, 2.24) is 19.8 Å². The maximum absolute atomic E-state index is 5.47. The quantitative estimate of drug-likeness (QED) is 0.788. The Balaban J connectivity index is 1.28. The van der Waals surface area contributed by atoms with Crippen LogP contribution in [0.4, 0.5) is 11.8 Å². The van der Waals surface area contributed by atoms with Crippen molar-refractivity contribution >= 4 is 11.8 Å². The molecule has 1 aromatic rings. The zero-order valence-electron chi connectivity index (χ0n) is 16.4. The molecule has 0 bridgehead atoms. The van der Waals surface area contributed by atoms with E-state index in [1.54, 1.807) is 0 Å². The van der Waals surface area contributed by atoms with Gasteiger partial charge in [0.1, 0.15) is 5.82 Å². The van der Waals surface area contributed by atoms with Gasteiger partial charge in [0.05, 0.1) is 13.2 Å². The summed E-state index contributed by atoms with van der Waals surface area (Å²) in [5, 5.41) is 0. The van der Waals surface area contributed by atoms with Crippen LogP contribution in [0.15, 0.2) is 6.07 Å². The van der Waals surface area contributed by atoms with E-state index < -0.39 is 0 Å². The maximum Gasteiger partial charge on any atom is 0.226 e. The number of hydrogen-bond acceptors (Lipinski definition) is 7. The van der Waals surface area contributed by atoms with Gasteiger partial charge in [-0.15, -0.1) is 0 Å². The first-order valence-corrected chi connectivity index (χ1v) is 9.94. The summed E-state index contributed by atoms with van der Waals surface area (Å²) >= 11 is 0. The number of piperidine rings is 1. The van der Waals surface area contributed by atoms with Crippen LogP contribution in [-0.4, -0.2) is 98.4 Å². The summed E-state index contributed by atoms with van der Waals surface area (Å²) in [6.45, 7) is 10.7. The number of rotatable bonds is 4. The Morgan fingerprint density at radius 2 is 1.65 bits per heavy atom. The number of aromatic nitrogens is 2. The smallest absolute Gasteiger partial charge is 0.226 e. The lowest BCUT2D eigenvalue weighted by atomic mass is 9.96. The Bertz CT molecular complexity index is 604. The van der Waals surface area contributed by atoms with Crippen molar-refractivity contribution in [2.45, 2.75) is 31.8 Å².